The Bertz CT molecular complexity index is 493. The summed E-state index contributed by atoms with van der Waals surface area (Å²) < 4.78 is 9.42. The van der Waals surface area contributed by atoms with Crippen LogP contribution >= 0.6 is 0 Å². The zero-order valence-electron chi connectivity index (χ0n) is 17.7. The summed E-state index contributed by atoms with van der Waals surface area (Å²) in [5, 5.41) is 0. The summed E-state index contributed by atoms with van der Waals surface area (Å²) in [6, 6.07) is 0. The van der Waals surface area contributed by atoms with Crippen LogP contribution < -0.4 is 0 Å². The van der Waals surface area contributed by atoms with E-state index < -0.39 is 23.9 Å². The maximum atomic E-state index is 11.5. The number of hydrogen-bond acceptors (Lipinski definition) is 8. The summed E-state index contributed by atoms with van der Waals surface area (Å²) >= 11 is 0. The molecule has 0 rings (SSSR count). The van der Waals surface area contributed by atoms with Crippen LogP contribution in [-0.2, 0) is 38.2 Å². The van der Waals surface area contributed by atoms with E-state index in [-0.39, 0.29) is 25.7 Å². The van der Waals surface area contributed by atoms with E-state index in [9.17, 15) is 28.8 Å². The minimum atomic E-state index is -0.544. The maximum Gasteiger partial charge on any atom is 0.313 e. The number of ether oxygens (including phenoxy) is 2. The molecule has 0 unspecified atom stereocenters. The van der Waals surface area contributed by atoms with Crippen molar-refractivity contribution >= 4 is 36.4 Å². The van der Waals surface area contributed by atoms with Crippen LogP contribution in [0.2, 0.25) is 0 Å². The molecule has 0 radical (unpaired) electrons. The molecule has 0 aliphatic heterocycles. The van der Waals surface area contributed by atoms with Gasteiger partial charge in [-0.05, 0) is 38.5 Å². The van der Waals surface area contributed by atoms with E-state index >= 15 is 0 Å². The number of carbonyl (C=O) groups is 6. The highest BCUT2D eigenvalue weighted by Crippen LogP contribution is 2.10. The maximum absolute atomic E-state index is 11.5. The van der Waals surface area contributed by atoms with E-state index in [4.69, 9.17) is 9.47 Å². The van der Waals surface area contributed by atoms with Crippen LogP contribution in [0.1, 0.15) is 103 Å². The number of rotatable bonds is 19. The van der Waals surface area contributed by atoms with Gasteiger partial charge in [-0.2, -0.15) is 0 Å². The first-order valence-corrected chi connectivity index (χ1v) is 10.8. The fraction of sp³-hybridized carbons (Fsp3) is 0.727. The average Bonchev–Trinajstić information content (AvgIpc) is 2.70. The minimum absolute atomic E-state index is 0.147. The quantitative estimate of drug-likeness (QED) is 0.132. The van der Waals surface area contributed by atoms with Crippen molar-refractivity contribution in [3.05, 3.63) is 0 Å². The van der Waals surface area contributed by atoms with E-state index in [0.717, 1.165) is 38.3 Å². The molecule has 0 atom stereocenters. The summed E-state index contributed by atoms with van der Waals surface area (Å²) in [5.41, 5.74) is 0. The van der Waals surface area contributed by atoms with Crippen LogP contribution in [0, 0.1) is 0 Å². The Kier molecular flexibility index (Phi) is 18.3. The van der Waals surface area contributed by atoms with Crippen LogP contribution in [0.15, 0.2) is 0 Å². The molecule has 0 aromatic carbocycles. The lowest BCUT2D eigenvalue weighted by Gasteiger charge is -2.04. The Hall–Kier alpha value is -2.38. The van der Waals surface area contributed by atoms with Gasteiger partial charge in [0, 0.05) is 38.5 Å². The molecule has 0 N–H and O–H groups in total. The van der Waals surface area contributed by atoms with Crippen molar-refractivity contribution in [3.8, 4) is 0 Å². The second-order valence-corrected chi connectivity index (χ2v) is 7.14. The first-order chi connectivity index (χ1) is 14.5. The highest BCUT2D eigenvalue weighted by molar-refractivity contribution is 5.85. The molecule has 0 saturated heterocycles. The molecule has 8 nitrogen and oxygen atoms in total. The van der Waals surface area contributed by atoms with Crippen LogP contribution in [0.3, 0.4) is 0 Å². The van der Waals surface area contributed by atoms with Crippen molar-refractivity contribution in [2.45, 2.75) is 103 Å². The zero-order chi connectivity index (χ0) is 22.5. The van der Waals surface area contributed by atoms with Gasteiger partial charge in [0.1, 0.15) is 12.6 Å². The number of unbranched alkanes of at least 4 members (excludes halogenated alkanes) is 9. The van der Waals surface area contributed by atoms with Crippen LogP contribution in [0.5, 0.6) is 0 Å². The third-order valence-corrected chi connectivity index (χ3v) is 4.37. The molecular weight excluding hydrogens is 392 g/mol. The predicted molar refractivity (Wildman–Crippen MR) is 108 cm³/mol. The molecule has 30 heavy (non-hydrogen) atoms. The summed E-state index contributed by atoms with van der Waals surface area (Å²) in [5.74, 6) is -2.13. The van der Waals surface area contributed by atoms with E-state index in [0.29, 0.717) is 51.4 Å². The normalized spacial score (nSPS) is 10.3. The van der Waals surface area contributed by atoms with E-state index in [2.05, 4.69) is 0 Å². The Morgan fingerprint density at radius 2 is 0.700 bits per heavy atom. The smallest absolute Gasteiger partial charge is 0.313 e. The van der Waals surface area contributed by atoms with Crippen LogP contribution in [0.25, 0.3) is 0 Å². The van der Waals surface area contributed by atoms with E-state index in [1.165, 1.54) is 0 Å². The topological polar surface area (TPSA) is 121 Å². The van der Waals surface area contributed by atoms with Crippen LogP contribution in [0.4, 0.5) is 0 Å². The van der Waals surface area contributed by atoms with Gasteiger partial charge in [0.05, 0.1) is 0 Å². The second kappa shape index (κ2) is 19.9. The molecule has 0 aromatic heterocycles. The van der Waals surface area contributed by atoms with Crippen molar-refractivity contribution in [3.63, 3.8) is 0 Å². The number of carbonyl (C=O) groups excluding carboxylic acids is 6. The summed E-state index contributed by atoms with van der Waals surface area (Å²) in [6.45, 7) is 0. The van der Waals surface area contributed by atoms with Crippen molar-refractivity contribution < 1.29 is 38.2 Å². The zero-order valence-corrected chi connectivity index (χ0v) is 17.7. The number of esters is 4. The third-order valence-electron chi connectivity index (χ3n) is 4.37. The first kappa shape index (κ1) is 27.6. The molecule has 170 valence electrons. The van der Waals surface area contributed by atoms with Gasteiger partial charge in [0.2, 0.25) is 0 Å². The Morgan fingerprint density at radius 3 is 1.00 bits per heavy atom. The SMILES string of the molecule is O=CCCCCC(=O)OC(=O)CCCCCCCCC(=O)OC(=O)CCCCC=O. The van der Waals surface area contributed by atoms with Gasteiger partial charge < -0.3 is 19.1 Å². The van der Waals surface area contributed by atoms with Crippen molar-refractivity contribution in [2.75, 3.05) is 0 Å². The molecule has 0 aliphatic rings. The molecule has 8 heteroatoms. The lowest BCUT2D eigenvalue weighted by molar-refractivity contribution is -0.161. The standard InChI is InChI=1S/C22H34O8/c23-17-11-5-9-15-21(27)29-19(25)13-7-3-1-2-4-8-14-20(26)30-22(28)16-10-6-12-18-24/h17-18H,1-16H2. The Balaban J connectivity index is 3.51. The Labute approximate surface area is 178 Å². The third kappa shape index (κ3) is 19.0. The summed E-state index contributed by atoms with van der Waals surface area (Å²) in [7, 11) is 0. The van der Waals surface area contributed by atoms with Gasteiger partial charge in [-0.15, -0.1) is 0 Å². The highest BCUT2D eigenvalue weighted by Gasteiger charge is 2.11. The predicted octanol–water partition coefficient (Wildman–Crippen LogP) is 3.77. The molecule has 0 fully saturated rings. The summed E-state index contributed by atoms with van der Waals surface area (Å²) in [6.07, 6.45) is 10.1. The molecular formula is C22H34O8. The van der Waals surface area contributed by atoms with Gasteiger partial charge in [-0.25, -0.2) is 0 Å². The van der Waals surface area contributed by atoms with Gasteiger partial charge in [-0.3, -0.25) is 19.2 Å². The van der Waals surface area contributed by atoms with Gasteiger partial charge >= 0.3 is 23.9 Å². The van der Waals surface area contributed by atoms with Crippen molar-refractivity contribution in [1.29, 1.82) is 0 Å². The summed E-state index contributed by atoms with van der Waals surface area (Å²) in [4.78, 5) is 66.3. The van der Waals surface area contributed by atoms with Gasteiger partial charge in [-0.1, -0.05) is 25.7 Å². The lowest BCUT2D eigenvalue weighted by atomic mass is 10.1. The first-order valence-electron chi connectivity index (χ1n) is 10.8. The molecule has 0 aromatic rings. The molecule has 0 spiro atoms. The minimum Gasteiger partial charge on any atom is -0.393 e. The molecule has 0 saturated carbocycles. The second-order valence-electron chi connectivity index (χ2n) is 7.14. The van der Waals surface area contributed by atoms with Crippen molar-refractivity contribution in [1.82, 2.24) is 0 Å². The average molecular weight is 427 g/mol. The fourth-order valence-corrected chi connectivity index (χ4v) is 2.70. The molecule has 0 heterocycles. The fourth-order valence-electron chi connectivity index (χ4n) is 2.70. The Morgan fingerprint density at radius 1 is 0.433 bits per heavy atom. The molecule has 0 bridgehead atoms. The number of aldehydes is 2. The monoisotopic (exact) mass is 426 g/mol. The highest BCUT2D eigenvalue weighted by atomic mass is 16.6. The molecule has 0 aliphatic carbocycles. The van der Waals surface area contributed by atoms with Crippen molar-refractivity contribution in [2.24, 2.45) is 0 Å². The van der Waals surface area contributed by atoms with E-state index in [1.54, 1.807) is 0 Å². The van der Waals surface area contributed by atoms with E-state index in [1.807, 2.05) is 0 Å². The largest absolute Gasteiger partial charge is 0.393 e. The molecule has 0 amide bonds. The van der Waals surface area contributed by atoms with Gasteiger partial charge in [0.25, 0.3) is 0 Å². The number of hydrogen-bond donors (Lipinski definition) is 0. The van der Waals surface area contributed by atoms with Crippen LogP contribution in [-0.4, -0.2) is 36.4 Å². The van der Waals surface area contributed by atoms with Gasteiger partial charge in [0.15, 0.2) is 0 Å². The lowest BCUT2D eigenvalue weighted by Crippen LogP contribution is -2.12.